The maximum Gasteiger partial charge on any atom is 0.271 e. The van der Waals surface area contributed by atoms with Gasteiger partial charge in [-0.3, -0.25) is 4.90 Å². The first-order valence-electron chi connectivity index (χ1n) is 5.54. The van der Waals surface area contributed by atoms with Gasteiger partial charge in [-0.05, 0) is 12.8 Å². The van der Waals surface area contributed by atoms with Crippen molar-refractivity contribution in [2.45, 2.75) is 37.3 Å². The number of hydrogen-bond donors (Lipinski definition) is 1. The molecule has 0 saturated carbocycles. The molecule has 88 valence electrons. The molecule has 5 heteroatoms. The Morgan fingerprint density at radius 2 is 2.20 bits per heavy atom. The first kappa shape index (κ1) is 11.2. The molecule has 2 saturated heterocycles. The molecule has 2 fully saturated rings. The van der Waals surface area contributed by atoms with Crippen LogP contribution >= 0.6 is 0 Å². The summed E-state index contributed by atoms with van der Waals surface area (Å²) in [6, 6.07) is 0.441. The lowest BCUT2D eigenvalue weighted by Gasteiger charge is -2.43. The van der Waals surface area contributed by atoms with Gasteiger partial charge >= 0.3 is 0 Å². The smallest absolute Gasteiger partial charge is 0.271 e. The molecule has 0 aromatic heterocycles. The van der Waals surface area contributed by atoms with Crippen LogP contribution in [0.25, 0.3) is 0 Å². The second-order valence-corrected chi connectivity index (χ2v) is 4.50. The van der Waals surface area contributed by atoms with Gasteiger partial charge in [0.05, 0.1) is 6.10 Å². The molecule has 3 nitrogen and oxygen atoms in total. The van der Waals surface area contributed by atoms with Crippen LogP contribution in [0.5, 0.6) is 0 Å². The third kappa shape index (κ3) is 2.65. The fourth-order valence-electron chi connectivity index (χ4n) is 2.17. The van der Waals surface area contributed by atoms with Crippen molar-refractivity contribution in [3.8, 4) is 0 Å². The summed E-state index contributed by atoms with van der Waals surface area (Å²) in [6.45, 7) is 2.03. The van der Waals surface area contributed by atoms with Gasteiger partial charge in [-0.25, -0.2) is 8.78 Å². The summed E-state index contributed by atoms with van der Waals surface area (Å²) in [7, 11) is 0. The van der Waals surface area contributed by atoms with Crippen LogP contribution in [0.1, 0.15) is 19.3 Å². The Labute approximate surface area is 88.6 Å². The van der Waals surface area contributed by atoms with E-state index >= 15 is 0 Å². The Bertz CT molecular complexity index is 213. The molecule has 0 bridgehead atoms. The highest BCUT2D eigenvalue weighted by atomic mass is 19.3. The summed E-state index contributed by atoms with van der Waals surface area (Å²) in [4.78, 5) is 2.23. The zero-order valence-corrected chi connectivity index (χ0v) is 8.79. The van der Waals surface area contributed by atoms with Gasteiger partial charge in [0.2, 0.25) is 0 Å². The van der Waals surface area contributed by atoms with Gasteiger partial charge in [-0.15, -0.1) is 0 Å². The molecule has 15 heavy (non-hydrogen) atoms. The number of ether oxygens (including phenoxy) is 1. The molecule has 2 unspecified atom stereocenters. The summed E-state index contributed by atoms with van der Waals surface area (Å²) < 4.78 is 30.8. The molecule has 2 aliphatic rings. The topological polar surface area (TPSA) is 38.5 Å². The number of hydrogen-bond acceptors (Lipinski definition) is 3. The second kappa shape index (κ2) is 4.31. The highest BCUT2D eigenvalue weighted by Gasteiger charge is 2.38. The minimum Gasteiger partial charge on any atom is -0.371 e. The lowest BCUT2D eigenvalue weighted by Crippen LogP contribution is -2.55. The first-order valence-corrected chi connectivity index (χ1v) is 5.54. The fourth-order valence-corrected chi connectivity index (χ4v) is 2.17. The third-order valence-electron chi connectivity index (χ3n) is 3.34. The zero-order valence-electron chi connectivity index (χ0n) is 8.79. The lowest BCUT2D eigenvalue weighted by atomic mass is 10.00. The Hall–Kier alpha value is -0.260. The minimum absolute atomic E-state index is 0.0287. The van der Waals surface area contributed by atoms with Crippen LogP contribution in [-0.4, -0.2) is 49.2 Å². The van der Waals surface area contributed by atoms with E-state index in [0.717, 1.165) is 19.5 Å². The maximum atomic E-state index is 12.8. The largest absolute Gasteiger partial charge is 0.371 e. The molecule has 0 radical (unpaired) electrons. The molecule has 0 amide bonds. The highest BCUT2D eigenvalue weighted by molar-refractivity contribution is 4.86. The summed E-state index contributed by atoms with van der Waals surface area (Å²) in [5.41, 5.74) is 5.57. The summed E-state index contributed by atoms with van der Waals surface area (Å²) >= 11 is 0. The van der Waals surface area contributed by atoms with Gasteiger partial charge in [-0.2, -0.15) is 0 Å². The average molecular weight is 220 g/mol. The number of likely N-dealkylation sites (tertiary alicyclic amines) is 1. The Kier molecular flexibility index (Phi) is 3.23. The van der Waals surface area contributed by atoms with Crippen molar-refractivity contribution in [2.24, 2.45) is 5.73 Å². The predicted molar refractivity (Wildman–Crippen MR) is 53.0 cm³/mol. The standard InChI is InChI=1S/C10H18F2N2O/c11-10(12)3-1-9(15-7-10)6-14-4-2-8(14)5-13/h8-9H,1-7,13H2. The van der Waals surface area contributed by atoms with Crippen molar-refractivity contribution in [1.29, 1.82) is 0 Å². The van der Waals surface area contributed by atoms with Gasteiger partial charge in [0.25, 0.3) is 5.92 Å². The fraction of sp³-hybridized carbons (Fsp3) is 1.00. The first-order chi connectivity index (χ1) is 7.11. The van der Waals surface area contributed by atoms with E-state index in [1.807, 2.05) is 0 Å². The van der Waals surface area contributed by atoms with E-state index in [4.69, 9.17) is 10.5 Å². The van der Waals surface area contributed by atoms with Crippen LogP contribution in [0.3, 0.4) is 0 Å². The highest BCUT2D eigenvalue weighted by Crippen LogP contribution is 2.29. The van der Waals surface area contributed by atoms with Gasteiger partial charge in [-0.1, -0.05) is 0 Å². The molecule has 2 rings (SSSR count). The molecule has 0 spiro atoms. The SMILES string of the molecule is NCC1CCN1CC1CCC(F)(F)CO1. The Morgan fingerprint density at radius 3 is 2.67 bits per heavy atom. The quantitative estimate of drug-likeness (QED) is 0.765. The molecule has 2 N–H and O–H groups in total. The van der Waals surface area contributed by atoms with E-state index in [0.29, 0.717) is 19.0 Å². The van der Waals surface area contributed by atoms with Crippen molar-refractivity contribution < 1.29 is 13.5 Å². The van der Waals surface area contributed by atoms with Crippen molar-refractivity contribution in [1.82, 2.24) is 4.90 Å². The van der Waals surface area contributed by atoms with Gasteiger partial charge < -0.3 is 10.5 Å². The van der Waals surface area contributed by atoms with Crippen LogP contribution in [0, 0.1) is 0 Å². The molecule has 0 aromatic rings. The van der Waals surface area contributed by atoms with Crippen molar-refractivity contribution in [3.63, 3.8) is 0 Å². The normalized spacial score (nSPS) is 36.2. The van der Waals surface area contributed by atoms with Crippen LogP contribution in [0.4, 0.5) is 8.78 Å². The minimum atomic E-state index is -2.61. The maximum absolute atomic E-state index is 12.8. The van der Waals surface area contributed by atoms with E-state index in [-0.39, 0.29) is 12.5 Å². The van der Waals surface area contributed by atoms with Crippen LogP contribution in [0.2, 0.25) is 0 Å². The summed E-state index contributed by atoms with van der Waals surface area (Å²) in [6.07, 6.45) is 1.51. The van der Waals surface area contributed by atoms with E-state index in [9.17, 15) is 8.78 Å². The lowest BCUT2D eigenvalue weighted by molar-refractivity contribution is -0.152. The number of halogens is 2. The molecular weight excluding hydrogens is 202 g/mol. The van der Waals surface area contributed by atoms with Gasteiger partial charge in [0.1, 0.15) is 6.61 Å². The molecule has 2 heterocycles. The van der Waals surface area contributed by atoms with Crippen LogP contribution < -0.4 is 5.73 Å². The Morgan fingerprint density at radius 1 is 1.40 bits per heavy atom. The number of nitrogens with two attached hydrogens (primary N) is 1. The molecule has 2 atom stereocenters. The second-order valence-electron chi connectivity index (χ2n) is 4.50. The summed E-state index contributed by atoms with van der Waals surface area (Å²) in [5, 5.41) is 0. The zero-order chi connectivity index (χ0) is 10.9. The molecule has 2 aliphatic heterocycles. The van der Waals surface area contributed by atoms with E-state index in [1.54, 1.807) is 0 Å². The van der Waals surface area contributed by atoms with Gasteiger partial charge in [0, 0.05) is 32.1 Å². The Balaban J connectivity index is 1.73. The number of rotatable bonds is 3. The molecular formula is C10H18F2N2O. The van der Waals surface area contributed by atoms with E-state index in [2.05, 4.69) is 4.90 Å². The van der Waals surface area contributed by atoms with E-state index in [1.165, 1.54) is 0 Å². The van der Waals surface area contributed by atoms with Crippen molar-refractivity contribution >= 4 is 0 Å². The average Bonchev–Trinajstić information content (AvgIpc) is 2.15. The predicted octanol–water partition coefficient (Wildman–Crippen LogP) is 0.834. The monoisotopic (exact) mass is 220 g/mol. The molecule has 0 aliphatic carbocycles. The molecule has 0 aromatic carbocycles. The number of alkyl halides is 2. The van der Waals surface area contributed by atoms with Gasteiger partial charge in [0.15, 0.2) is 0 Å². The van der Waals surface area contributed by atoms with Crippen LogP contribution in [0.15, 0.2) is 0 Å². The van der Waals surface area contributed by atoms with Crippen LogP contribution in [-0.2, 0) is 4.74 Å². The van der Waals surface area contributed by atoms with Crippen molar-refractivity contribution in [3.05, 3.63) is 0 Å². The third-order valence-corrected chi connectivity index (χ3v) is 3.34. The number of nitrogens with zero attached hydrogens (tertiary/aromatic N) is 1. The van der Waals surface area contributed by atoms with Crippen molar-refractivity contribution in [2.75, 3.05) is 26.2 Å². The summed E-state index contributed by atoms with van der Waals surface area (Å²) in [5.74, 6) is -2.61. The van der Waals surface area contributed by atoms with E-state index < -0.39 is 12.5 Å².